The average Bonchev–Trinajstić information content (AvgIpc) is 3.03. The second-order valence-electron chi connectivity index (χ2n) is 6.70. The van der Waals surface area contributed by atoms with Crippen LogP contribution in [0.15, 0.2) is 48.5 Å². The van der Waals surface area contributed by atoms with Crippen molar-refractivity contribution in [2.45, 2.75) is 32.4 Å². The fraction of sp³-hybridized carbons (Fsp3) is 0.250. The minimum Gasteiger partial charge on any atom is -0.368 e. The maximum absolute atomic E-state index is 5.86. The van der Waals surface area contributed by atoms with E-state index in [2.05, 4.69) is 81.0 Å². The van der Waals surface area contributed by atoms with Gasteiger partial charge in [0.15, 0.2) is 0 Å². The molecule has 6 heteroatoms. The summed E-state index contributed by atoms with van der Waals surface area (Å²) in [4.78, 5) is 12.9. The molecular weight excluding hydrogens is 324 g/mol. The molecule has 0 fully saturated rings. The van der Waals surface area contributed by atoms with Gasteiger partial charge in [0.1, 0.15) is 0 Å². The standard InChI is InChI=1S/C20H22N6/c1-13-6-8-14(9-7-13)12-22-19-24-18(21)25-20(26-19)23-17-10-15-4-2-3-5-16(15)11-17/h2-9,17H,10-12H2,1H3,(H4,21,22,23,24,25,26). The van der Waals surface area contributed by atoms with E-state index in [4.69, 9.17) is 5.73 Å². The third-order valence-corrected chi connectivity index (χ3v) is 4.61. The number of aromatic nitrogens is 3. The summed E-state index contributed by atoms with van der Waals surface area (Å²) in [5.74, 6) is 1.21. The third-order valence-electron chi connectivity index (χ3n) is 4.61. The van der Waals surface area contributed by atoms with Gasteiger partial charge in [-0.25, -0.2) is 0 Å². The first-order chi connectivity index (χ1) is 12.7. The van der Waals surface area contributed by atoms with Gasteiger partial charge in [0.25, 0.3) is 0 Å². The van der Waals surface area contributed by atoms with Gasteiger partial charge >= 0.3 is 0 Å². The molecule has 1 heterocycles. The first kappa shape index (κ1) is 16.3. The highest BCUT2D eigenvalue weighted by Gasteiger charge is 2.21. The van der Waals surface area contributed by atoms with Crippen LogP contribution in [-0.2, 0) is 19.4 Å². The van der Waals surface area contributed by atoms with Crippen molar-refractivity contribution >= 4 is 17.8 Å². The van der Waals surface area contributed by atoms with E-state index in [9.17, 15) is 0 Å². The lowest BCUT2D eigenvalue weighted by Crippen LogP contribution is -2.22. The Morgan fingerprint density at radius 2 is 1.58 bits per heavy atom. The monoisotopic (exact) mass is 346 g/mol. The molecular formula is C20H22N6. The fourth-order valence-corrected chi connectivity index (χ4v) is 3.27. The van der Waals surface area contributed by atoms with Crippen molar-refractivity contribution < 1.29 is 0 Å². The summed E-state index contributed by atoms with van der Waals surface area (Å²) in [5, 5.41) is 6.61. The van der Waals surface area contributed by atoms with Crippen molar-refractivity contribution in [1.82, 2.24) is 15.0 Å². The van der Waals surface area contributed by atoms with E-state index in [1.165, 1.54) is 16.7 Å². The van der Waals surface area contributed by atoms with E-state index in [0.29, 0.717) is 18.4 Å². The normalized spacial score (nSPS) is 13.4. The van der Waals surface area contributed by atoms with E-state index < -0.39 is 0 Å². The summed E-state index contributed by atoms with van der Waals surface area (Å²) in [6.07, 6.45) is 1.93. The molecule has 1 aromatic heterocycles. The molecule has 1 aliphatic rings. The second kappa shape index (κ2) is 7.00. The molecule has 0 atom stereocenters. The van der Waals surface area contributed by atoms with E-state index in [-0.39, 0.29) is 12.0 Å². The summed E-state index contributed by atoms with van der Waals surface area (Å²) >= 11 is 0. The van der Waals surface area contributed by atoms with Crippen molar-refractivity contribution in [3.8, 4) is 0 Å². The SMILES string of the molecule is Cc1ccc(CNc2nc(N)nc(NC3Cc4ccccc4C3)n2)cc1. The van der Waals surface area contributed by atoms with E-state index in [1.807, 2.05) is 0 Å². The van der Waals surface area contributed by atoms with Gasteiger partial charge in [-0.3, -0.25) is 0 Å². The van der Waals surface area contributed by atoms with Gasteiger partial charge in [0.2, 0.25) is 17.8 Å². The highest BCUT2D eigenvalue weighted by Crippen LogP contribution is 2.23. The van der Waals surface area contributed by atoms with Crippen molar-refractivity contribution in [3.63, 3.8) is 0 Å². The molecule has 26 heavy (non-hydrogen) atoms. The molecule has 0 aliphatic heterocycles. The van der Waals surface area contributed by atoms with E-state index in [1.54, 1.807) is 0 Å². The van der Waals surface area contributed by atoms with E-state index in [0.717, 1.165) is 18.4 Å². The first-order valence-electron chi connectivity index (χ1n) is 8.80. The third kappa shape index (κ3) is 3.74. The zero-order valence-corrected chi connectivity index (χ0v) is 14.7. The smallest absolute Gasteiger partial charge is 0.229 e. The van der Waals surface area contributed by atoms with Crippen LogP contribution in [0.25, 0.3) is 0 Å². The molecule has 0 bridgehead atoms. The summed E-state index contributed by atoms with van der Waals surface area (Å²) in [5.41, 5.74) is 11.0. The van der Waals surface area contributed by atoms with Crippen LogP contribution < -0.4 is 16.4 Å². The zero-order valence-electron chi connectivity index (χ0n) is 14.7. The minimum atomic E-state index is 0.212. The molecule has 0 radical (unpaired) electrons. The van der Waals surface area contributed by atoms with Crippen LogP contribution in [-0.4, -0.2) is 21.0 Å². The molecule has 0 saturated carbocycles. The summed E-state index contributed by atoms with van der Waals surface area (Å²) in [7, 11) is 0. The Hall–Kier alpha value is -3.15. The summed E-state index contributed by atoms with van der Waals surface area (Å²) in [6.45, 7) is 2.71. The number of nitrogens with two attached hydrogens (primary N) is 1. The van der Waals surface area contributed by atoms with Crippen molar-refractivity contribution in [2.75, 3.05) is 16.4 Å². The predicted octanol–water partition coefficient (Wildman–Crippen LogP) is 2.95. The predicted molar refractivity (Wildman–Crippen MR) is 104 cm³/mol. The number of fused-ring (bicyclic) bond motifs is 1. The van der Waals surface area contributed by atoms with Gasteiger partial charge in [-0.2, -0.15) is 15.0 Å². The van der Waals surface area contributed by atoms with Crippen molar-refractivity contribution in [2.24, 2.45) is 0 Å². The highest BCUT2D eigenvalue weighted by atomic mass is 15.2. The van der Waals surface area contributed by atoms with Crippen LogP contribution >= 0.6 is 0 Å². The summed E-state index contributed by atoms with van der Waals surface area (Å²) < 4.78 is 0. The lowest BCUT2D eigenvalue weighted by Gasteiger charge is -2.13. The molecule has 2 aromatic carbocycles. The van der Waals surface area contributed by atoms with Crippen LogP contribution in [0.5, 0.6) is 0 Å². The quantitative estimate of drug-likeness (QED) is 0.658. The number of nitrogens with zero attached hydrogens (tertiary/aromatic N) is 3. The van der Waals surface area contributed by atoms with Gasteiger partial charge in [-0.1, -0.05) is 54.1 Å². The van der Waals surface area contributed by atoms with Crippen LogP contribution in [0.3, 0.4) is 0 Å². The molecule has 0 spiro atoms. The van der Waals surface area contributed by atoms with Crippen LogP contribution in [0.1, 0.15) is 22.3 Å². The largest absolute Gasteiger partial charge is 0.368 e. The Balaban J connectivity index is 1.42. The van der Waals surface area contributed by atoms with Gasteiger partial charge in [0, 0.05) is 12.6 Å². The topological polar surface area (TPSA) is 88.8 Å². The van der Waals surface area contributed by atoms with Gasteiger partial charge in [0.05, 0.1) is 0 Å². The van der Waals surface area contributed by atoms with Crippen LogP contribution in [0, 0.1) is 6.92 Å². The molecule has 3 aromatic rings. The molecule has 1 aliphatic carbocycles. The Bertz CT molecular complexity index is 881. The maximum atomic E-state index is 5.86. The number of nitrogen functional groups attached to an aromatic ring is 1. The highest BCUT2D eigenvalue weighted by molar-refractivity contribution is 5.43. The molecule has 0 saturated heterocycles. The first-order valence-corrected chi connectivity index (χ1v) is 8.80. The maximum Gasteiger partial charge on any atom is 0.229 e. The lowest BCUT2D eigenvalue weighted by molar-refractivity contribution is 0.760. The Morgan fingerprint density at radius 3 is 2.27 bits per heavy atom. The van der Waals surface area contributed by atoms with Gasteiger partial charge in [-0.15, -0.1) is 0 Å². The van der Waals surface area contributed by atoms with Crippen molar-refractivity contribution in [3.05, 3.63) is 70.8 Å². The Labute approximate surface area is 152 Å². The molecule has 6 nitrogen and oxygen atoms in total. The fourth-order valence-electron chi connectivity index (χ4n) is 3.27. The van der Waals surface area contributed by atoms with Crippen molar-refractivity contribution in [1.29, 1.82) is 0 Å². The Morgan fingerprint density at radius 1 is 0.923 bits per heavy atom. The second-order valence-corrected chi connectivity index (χ2v) is 6.70. The Kier molecular flexibility index (Phi) is 4.39. The molecule has 132 valence electrons. The van der Waals surface area contributed by atoms with Crippen LogP contribution in [0.2, 0.25) is 0 Å². The number of hydrogen-bond donors (Lipinski definition) is 3. The van der Waals surface area contributed by atoms with Gasteiger partial charge < -0.3 is 16.4 Å². The number of rotatable bonds is 5. The van der Waals surface area contributed by atoms with E-state index >= 15 is 0 Å². The number of anilines is 3. The molecule has 4 N–H and O–H groups in total. The molecule has 0 amide bonds. The number of aryl methyl sites for hydroxylation is 1. The number of benzene rings is 2. The number of hydrogen-bond acceptors (Lipinski definition) is 6. The zero-order chi connectivity index (χ0) is 17.9. The number of nitrogens with one attached hydrogen (secondary N) is 2. The minimum absolute atomic E-state index is 0.212. The van der Waals surface area contributed by atoms with Crippen LogP contribution in [0.4, 0.5) is 17.8 Å². The average molecular weight is 346 g/mol. The molecule has 0 unspecified atom stereocenters. The molecule has 4 rings (SSSR count). The summed E-state index contributed by atoms with van der Waals surface area (Å²) in [6, 6.07) is 17.1. The lowest BCUT2D eigenvalue weighted by atomic mass is 10.1. The van der Waals surface area contributed by atoms with Gasteiger partial charge in [-0.05, 0) is 36.5 Å².